The molecule has 6 heteroatoms. The second-order valence-electron chi connectivity index (χ2n) is 6.73. The first kappa shape index (κ1) is 16.2. The third kappa shape index (κ3) is 3.16. The Bertz CT molecular complexity index is 783. The zero-order valence-corrected chi connectivity index (χ0v) is 14.8. The van der Waals surface area contributed by atoms with Gasteiger partial charge in [0, 0.05) is 25.6 Å². The Kier molecular flexibility index (Phi) is 4.25. The van der Waals surface area contributed by atoms with Gasteiger partial charge in [-0.2, -0.15) is 0 Å². The third-order valence-electron chi connectivity index (χ3n) is 5.03. The molecule has 2 atom stereocenters. The van der Waals surface area contributed by atoms with E-state index in [4.69, 9.17) is 16.3 Å². The van der Waals surface area contributed by atoms with Crippen molar-refractivity contribution in [1.29, 1.82) is 0 Å². The molecule has 0 unspecified atom stereocenters. The van der Waals surface area contributed by atoms with Crippen LogP contribution >= 0.6 is 11.6 Å². The molecule has 0 radical (unpaired) electrons. The van der Waals surface area contributed by atoms with Crippen molar-refractivity contribution in [3.8, 4) is 0 Å². The van der Waals surface area contributed by atoms with E-state index < -0.39 is 0 Å². The molecule has 2 aliphatic heterocycles. The second-order valence-corrected chi connectivity index (χ2v) is 7.08. The molecule has 0 N–H and O–H groups in total. The number of pyridine rings is 1. The highest BCUT2D eigenvalue weighted by atomic mass is 35.5. The minimum Gasteiger partial charge on any atom is -0.445 e. The van der Waals surface area contributed by atoms with Crippen LogP contribution in [0.3, 0.4) is 0 Å². The van der Waals surface area contributed by atoms with Gasteiger partial charge >= 0.3 is 6.09 Å². The average Bonchev–Trinajstić information content (AvgIpc) is 2.94. The Morgan fingerprint density at radius 1 is 1.28 bits per heavy atom. The first-order chi connectivity index (χ1) is 12.1. The second kappa shape index (κ2) is 6.56. The number of carbonyl (C=O) groups is 1. The van der Waals surface area contributed by atoms with Gasteiger partial charge in [-0.15, -0.1) is 0 Å². The number of fused-ring (bicyclic) bond motifs is 1. The fourth-order valence-electron chi connectivity index (χ4n) is 3.59. The van der Waals surface area contributed by atoms with Crippen LogP contribution in [0.2, 0.25) is 5.15 Å². The van der Waals surface area contributed by atoms with Crippen molar-refractivity contribution in [3.05, 3.63) is 58.9 Å². The fraction of sp³-hybridized carbons (Fsp3) is 0.368. The maximum atomic E-state index is 12.3. The number of hydrogen-bond acceptors (Lipinski definition) is 4. The summed E-state index contributed by atoms with van der Waals surface area (Å²) in [4.78, 5) is 20.7. The quantitative estimate of drug-likeness (QED) is 0.789. The number of aromatic nitrogens is 1. The number of ether oxygens (including phenoxy) is 1. The van der Waals surface area contributed by atoms with E-state index in [1.165, 1.54) is 0 Å². The third-order valence-corrected chi connectivity index (χ3v) is 5.43. The lowest BCUT2D eigenvalue weighted by Crippen LogP contribution is -2.55. The summed E-state index contributed by atoms with van der Waals surface area (Å²) in [7, 11) is 0. The number of rotatable bonds is 3. The summed E-state index contributed by atoms with van der Waals surface area (Å²) in [5.74, 6) is 0.500. The van der Waals surface area contributed by atoms with Crippen molar-refractivity contribution in [2.45, 2.75) is 19.6 Å². The molecule has 2 aliphatic rings. The summed E-state index contributed by atoms with van der Waals surface area (Å²) in [5, 5.41) is 0.540. The van der Waals surface area contributed by atoms with Crippen LogP contribution in [0.5, 0.6) is 0 Å². The monoisotopic (exact) mass is 357 g/mol. The number of amides is 1. The number of aryl methyl sites for hydroxylation is 1. The summed E-state index contributed by atoms with van der Waals surface area (Å²) >= 11 is 6.01. The molecule has 0 saturated carbocycles. The van der Waals surface area contributed by atoms with Gasteiger partial charge in [0.05, 0.1) is 17.9 Å². The molecule has 130 valence electrons. The zero-order chi connectivity index (χ0) is 17.4. The number of anilines is 1. The molecule has 3 heterocycles. The molecule has 2 saturated heterocycles. The maximum absolute atomic E-state index is 12.3. The van der Waals surface area contributed by atoms with E-state index in [0.717, 1.165) is 29.9 Å². The van der Waals surface area contributed by atoms with Crippen molar-refractivity contribution < 1.29 is 9.53 Å². The molecule has 0 aliphatic carbocycles. The predicted molar refractivity (Wildman–Crippen MR) is 96.8 cm³/mol. The average molecular weight is 358 g/mol. The van der Waals surface area contributed by atoms with Crippen LogP contribution in [0.4, 0.5) is 10.5 Å². The van der Waals surface area contributed by atoms with Crippen molar-refractivity contribution in [2.24, 2.45) is 5.92 Å². The normalized spacial score (nSPS) is 21.7. The van der Waals surface area contributed by atoms with Gasteiger partial charge in [-0.25, -0.2) is 9.78 Å². The van der Waals surface area contributed by atoms with Crippen molar-refractivity contribution in [2.75, 3.05) is 24.5 Å². The van der Waals surface area contributed by atoms with E-state index in [9.17, 15) is 4.79 Å². The van der Waals surface area contributed by atoms with Crippen LogP contribution in [-0.2, 0) is 11.3 Å². The minimum absolute atomic E-state index is 0.233. The Morgan fingerprint density at radius 3 is 2.84 bits per heavy atom. The molecule has 0 spiro atoms. The summed E-state index contributed by atoms with van der Waals surface area (Å²) in [6.07, 6.45) is 1.57. The number of hydrogen-bond donors (Lipinski definition) is 0. The first-order valence-corrected chi connectivity index (χ1v) is 8.84. The molecule has 2 aromatic rings. The first-order valence-electron chi connectivity index (χ1n) is 8.46. The predicted octanol–water partition coefficient (Wildman–Crippen LogP) is 3.50. The fourth-order valence-corrected chi connectivity index (χ4v) is 3.70. The Labute approximate surface area is 152 Å². The van der Waals surface area contributed by atoms with Gasteiger partial charge in [0.15, 0.2) is 0 Å². The van der Waals surface area contributed by atoms with E-state index >= 15 is 0 Å². The zero-order valence-electron chi connectivity index (χ0n) is 14.1. The molecule has 4 rings (SSSR count). The highest BCUT2D eigenvalue weighted by molar-refractivity contribution is 6.30. The van der Waals surface area contributed by atoms with Crippen LogP contribution in [0.15, 0.2) is 42.6 Å². The van der Waals surface area contributed by atoms with E-state index in [2.05, 4.69) is 16.0 Å². The van der Waals surface area contributed by atoms with Gasteiger partial charge in [-0.05, 0) is 24.1 Å². The molecule has 1 aromatic heterocycles. The lowest BCUT2D eigenvalue weighted by Gasteiger charge is -2.45. The largest absolute Gasteiger partial charge is 0.445 e. The van der Waals surface area contributed by atoms with Crippen LogP contribution < -0.4 is 4.90 Å². The number of benzene rings is 1. The Hall–Kier alpha value is -2.27. The summed E-state index contributed by atoms with van der Waals surface area (Å²) in [5.41, 5.74) is 3.05. The van der Waals surface area contributed by atoms with Gasteiger partial charge in [-0.1, -0.05) is 41.9 Å². The maximum Gasteiger partial charge on any atom is 0.410 e. The number of halogens is 1. The van der Waals surface area contributed by atoms with E-state index in [0.29, 0.717) is 30.3 Å². The van der Waals surface area contributed by atoms with Crippen molar-refractivity contribution in [1.82, 2.24) is 9.88 Å². The molecule has 0 bridgehead atoms. The summed E-state index contributed by atoms with van der Waals surface area (Å²) in [6.45, 7) is 4.66. The molecule has 25 heavy (non-hydrogen) atoms. The van der Waals surface area contributed by atoms with Crippen LogP contribution in [0, 0.1) is 12.8 Å². The summed E-state index contributed by atoms with van der Waals surface area (Å²) < 4.78 is 5.45. The van der Waals surface area contributed by atoms with Crippen LogP contribution in [0.25, 0.3) is 0 Å². The van der Waals surface area contributed by atoms with Crippen LogP contribution in [-0.4, -0.2) is 41.7 Å². The van der Waals surface area contributed by atoms with Gasteiger partial charge in [0.2, 0.25) is 0 Å². The topological polar surface area (TPSA) is 45.7 Å². The van der Waals surface area contributed by atoms with Crippen molar-refractivity contribution in [3.63, 3.8) is 0 Å². The van der Waals surface area contributed by atoms with Crippen molar-refractivity contribution >= 4 is 23.4 Å². The highest BCUT2D eigenvalue weighted by Gasteiger charge is 2.47. The Balaban J connectivity index is 1.35. The molecule has 1 aromatic carbocycles. The minimum atomic E-state index is -0.233. The van der Waals surface area contributed by atoms with Gasteiger partial charge < -0.3 is 14.5 Å². The number of nitrogens with zero attached hydrogens (tertiary/aromatic N) is 3. The number of likely N-dealkylation sites (tertiary alicyclic amines) is 1. The number of carbonyl (C=O) groups excluding carboxylic acids is 1. The highest BCUT2D eigenvalue weighted by Crippen LogP contribution is 2.37. The van der Waals surface area contributed by atoms with Gasteiger partial charge in [-0.3, -0.25) is 0 Å². The SMILES string of the molecule is Cc1cc(N2C[C@H]3CN(C(=O)OCc4ccccc4)C[C@H]32)cnc1Cl. The Morgan fingerprint density at radius 2 is 2.08 bits per heavy atom. The van der Waals surface area contributed by atoms with Gasteiger partial charge in [0.25, 0.3) is 0 Å². The van der Waals surface area contributed by atoms with E-state index in [1.807, 2.05) is 48.4 Å². The molecular formula is C19H20ClN3O2. The van der Waals surface area contributed by atoms with Crippen LogP contribution in [0.1, 0.15) is 11.1 Å². The van der Waals surface area contributed by atoms with Gasteiger partial charge in [0.1, 0.15) is 11.8 Å². The summed E-state index contributed by atoms with van der Waals surface area (Å²) in [6, 6.07) is 12.1. The van der Waals surface area contributed by atoms with E-state index in [1.54, 1.807) is 0 Å². The smallest absolute Gasteiger partial charge is 0.410 e. The molecule has 2 fully saturated rings. The lowest BCUT2D eigenvalue weighted by molar-refractivity contribution is 0.103. The standard InChI is InChI=1S/C19H20ClN3O2/c1-13-7-16(8-21-18(13)20)23-10-15-9-22(11-17(15)23)19(24)25-12-14-5-3-2-4-6-14/h2-8,15,17H,9-12H2,1H3/t15-,17-/m1/s1. The van der Waals surface area contributed by atoms with E-state index in [-0.39, 0.29) is 6.09 Å². The lowest BCUT2D eigenvalue weighted by atomic mass is 9.91. The molecule has 5 nitrogen and oxygen atoms in total. The molecular weight excluding hydrogens is 338 g/mol. The molecule has 1 amide bonds.